The zero-order chi connectivity index (χ0) is 18.5. The molecule has 6 nitrogen and oxygen atoms in total. The minimum Gasteiger partial charge on any atom is -0.488 e. The highest BCUT2D eigenvalue weighted by Crippen LogP contribution is 2.18. The lowest BCUT2D eigenvalue weighted by Gasteiger charge is -2.18. The van der Waals surface area contributed by atoms with Gasteiger partial charge < -0.3 is 19.5 Å². The average molecular weight is 355 g/mol. The van der Waals surface area contributed by atoms with Crippen molar-refractivity contribution in [1.82, 2.24) is 14.8 Å². The first-order valence-electron chi connectivity index (χ1n) is 8.94. The van der Waals surface area contributed by atoms with E-state index >= 15 is 0 Å². The van der Waals surface area contributed by atoms with Gasteiger partial charge in [0.15, 0.2) is 0 Å². The summed E-state index contributed by atoms with van der Waals surface area (Å²) in [4.78, 5) is 25.9. The SMILES string of the molecule is Cc1cc(OC2CCN(C(=O)NCCc3ccccc3)C2)cc(=O)n1C. The molecule has 0 aliphatic carbocycles. The van der Waals surface area contributed by atoms with Crippen LogP contribution >= 0.6 is 0 Å². The van der Waals surface area contributed by atoms with E-state index in [0.717, 1.165) is 18.5 Å². The van der Waals surface area contributed by atoms with Crippen LogP contribution in [0.1, 0.15) is 17.7 Å². The van der Waals surface area contributed by atoms with Gasteiger partial charge in [-0.3, -0.25) is 4.79 Å². The molecular formula is C20H25N3O3. The fourth-order valence-corrected chi connectivity index (χ4v) is 3.08. The second kappa shape index (κ2) is 8.08. The molecule has 1 aromatic heterocycles. The zero-order valence-corrected chi connectivity index (χ0v) is 15.3. The maximum Gasteiger partial charge on any atom is 0.317 e. The summed E-state index contributed by atoms with van der Waals surface area (Å²) in [5.74, 6) is 0.571. The van der Waals surface area contributed by atoms with Gasteiger partial charge in [-0.15, -0.1) is 0 Å². The number of ether oxygens (including phenoxy) is 1. The van der Waals surface area contributed by atoms with E-state index in [9.17, 15) is 9.59 Å². The standard InChI is InChI=1S/C20H25N3O3/c1-15-12-18(13-19(24)22(15)2)26-17-9-11-23(14-17)20(25)21-10-8-16-6-4-3-5-7-16/h3-7,12-13,17H,8-11,14H2,1-2H3,(H,21,25). The van der Waals surface area contributed by atoms with Crippen LogP contribution in [0.25, 0.3) is 0 Å². The minimum atomic E-state index is -0.0893. The number of urea groups is 1. The van der Waals surface area contributed by atoms with Gasteiger partial charge in [0.1, 0.15) is 11.9 Å². The maximum atomic E-state index is 12.3. The smallest absolute Gasteiger partial charge is 0.317 e. The number of rotatable bonds is 5. The number of hydrogen-bond acceptors (Lipinski definition) is 3. The van der Waals surface area contributed by atoms with Crippen LogP contribution in [-0.2, 0) is 13.5 Å². The second-order valence-corrected chi connectivity index (χ2v) is 6.67. The molecule has 1 saturated heterocycles. The van der Waals surface area contributed by atoms with Gasteiger partial charge in [0, 0.05) is 38.3 Å². The molecule has 1 atom stereocenters. The number of aryl methyl sites for hydroxylation is 1. The Morgan fingerprint density at radius 2 is 2.04 bits per heavy atom. The second-order valence-electron chi connectivity index (χ2n) is 6.67. The predicted octanol–water partition coefficient (Wildman–Crippen LogP) is 2.10. The molecule has 1 aliphatic rings. The van der Waals surface area contributed by atoms with Crippen molar-refractivity contribution in [2.45, 2.75) is 25.9 Å². The molecule has 3 rings (SSSR count). The molecule has 6 heteroatoms. The van der Waals surface area contributed by atoms with Crippen molar-refractivity contribution in [2.24, 2.45) is 7.05 Å². The van der Waals surface area contributed by atoms with Gasteiger partial charge in [-0.1, -0.05) is 30.3 Å². The van der Waals surface area contributed by atoms with Crippen LogP contribution in [-0.4, -0.2) is 41.2 Å². The lowest BCUT2D eigenvalue weighted by molar-refractivity contribution is 0.186. The minimum absolute atomic E-state index is 0.0628. The molecule has 1 aliphatic heterocycles. The van der Waals surface area contributed by atoms with E-state index in [0.29, 0.717) is 25.4 Å². The topological polar surface area (TPSA) is 63.6 Å². The molecule has 0 radical (unpaired) electrons. The van der Waals surface area contributed by atoms with Crippen molar-refractivity contribution in [3.05, 3.63) is 64.1 Å². The number of carbonyl (C=O) groups is 1. The number of carbonyl (C=O) groups excluding carboxylic acids is 1. The van der Waals surface area contributed by atoms with Gasteiger partial charge in [-0.2, -0.15) is 0 Å². The Morgan fingerprint density at radius 3 is 2.77 bits per heavy atom. The van der Waals surface area contributed by atoms with E-state index in [4.69, 9.17) is 4.74 Å². The van der Waals surface area contributed by atoms with Crippen molar-refractivity contribution >= 4 is 6.03 Å². The normalized spacial score (nSPS) is 16.5. The Hall–Kier alpha value is -2.76. The Bertz CT molecular complexity index is 817. The van der Waals surface area contributed by atoms with Gasteiger partial charge in [0.2, 0.25) is 0 Å². The van der Waals surface area contributed by atoms with Gasteiger partial charge >= 0.3 is 6.03 Å². The van der Waals surface area contributed by atoms with E-state index in [1.165, 1.54) is 11.6 Å². The first-order chi connectivity index (χ1) is 12.5. The summed E-state index contributed by atoms with van der Waals surface area (Å²) in [5, 5.41) is 2.96. The Balaban J connectivity index is 1.47. The van der Waals surface area contributed by atoms with Crippen LogP contribution in [0.5, 0.6) is 5.75 Å². The number of nitrogens with zero attached hydrogens (tertiary/aromatic N) is 2. The van der Waals surface area contributed by atoms with Gasteiger partial charge in [-0.05, 0) is 25.0 Å². The Kier molecular flexibility index (Phi) is 5.61. The molecular weight excluding hydrogens is 330 g/mol. The third-order valence-electron chi connectivity index (χ3n) is 4.74. The molecule has 0 spiro atoms. The van der Waals surface area contributed by atoms with Crippen LogP contribution in [0.4, 0.5) is 4.79 Å². The van der Waals surface area contributed by atoms with E-state index in [1.54, 1.807) is 16.5 Å². The van der Waals surface area contributed by atoms with Crippen LogP contribution in [0.3, 0.4) is 0 Å². The quantitative estimate of drug-likeness (QED) is 0.893. The Morgan fingerprint density at radius 1 is 1.27 bits per heavy atom. The highest BCUT2D eigenvalue weighted by molar-refractivity contribution is 5.74. The van der Waals surface area contributed by atoms with Crippen LogP contribution < -0.4 is 15.6 Å². The largest absolute Gasteiger partial charge is 0.488 e. The van der Waals surface area contributed by atoms with Crippen molar-refractivity contribution in [2.75, 3.05) is 19.6 Å². The zero-order valence-electron chi connectivity index (χ0n) is 15.3. The molecule has 0 saturated carbocycles. The third kappa shape index (κ3) is 4.45. The molecule has 26 heavy (non-hydrogen) atoms. The Labute approximate surface area is 153 Å². The van der Waals surface area contributed by atoms with Crippen molar-refractivity contribution < 1.29 is 9.53 Å². The lowest BCUT2D eigenvalue weighted by Crippen LogP contribution is -2.40. The van der Waals surface area contributed by atoms with Gasteiger partial charge in [0.25, 0.3) is 5.56 Å². The molecule has 1 fully saturated rings. The summed E-state index contributed by atoms with van der Waals surface area (Å²) in [6, 6.07) is 13.4. The summed E-state index contributed by atoms with van der Waals surface area (Å²) in [6.07, 6.45) is 1.49. The summed E-state index contributed by atoms with van der Waals surface area (Å²) in [6.45, 7) is 3.67. The van der Waals surface area contributed by atoms with Gasteiger partial charge in [-0.25, -0.2) is 4.79 Å². The van der Waals surface area contributed by atoms with Gasteiger partial charge in [0.05, 0.1) is 6.54 Å². The van der Waals surface area contributed by atoms with E-state index in [1.807, 2.05) is 31.2 Å². The van der Waals surface area contributed by atoms with E-state index in [2.05, 4.69) is 17.4 Å². The monoisotopic (exact) mass is 355 g/mol. The van der Waals surface area contributed by atoms with Crippen LogP contribution in [0.15, 0.2) is 47.3 Å². The number of amides is 2. The molecule has 1 aromatic carbocycles. The maximum absolute atomic E-state index is 12.3. The summed E-state index contributed by atoms with van der Waals surface area (Å²) in [7, 11) is 1.73. The molecule has 2 aromatic rings. The summed E-state index contributed by atoms with van der Waals surface area (Å²) in [5.41, 5.74) is 1.96. The first kappa shape index (κ1) is 18.0. The first-order valence-corrected chi connectivity index (χ1v) is 8.94. The molecule has 2 heterocycles. The molecule has 138 valence electrons. The number of benzene rings is 1. The molecule has 0 bridgehead atoms. The fraction of sp³-hybridized carbons (Fsp3) is 0.400. The molecule has 1 unspecified atom stereocenters. The lowest BCUT2D eigenvalue weighted by atomic mass is 10.1. The van der Waals surface area contributed by atoms with E-state index < -0.39 is 0 Å². The van der Waals surface area contributed by atoms with Crippen LogP contribution in [0, 0.1) is 6.92 Å². The number of pyridine rings is 1. The fourth-order valence-electron chi connectivity index (χ4n) is 3.08. The molecule has 2 amide bonds. The van der Waals surface area contributed by atoms with E-state index in [-0.39, 0.29) is 17.7 Å². The molecule has 1 N–H and O–H groups in total. The third-order valence-corrected chi connectivity index (χ3v) is 4.74. The number of likely N-dealkylation sites (tertiary alicyclic amines) is 1. The predicted molar refractivity (Wildman–Crippen MR) is 101 cm³/mol. The number of hydrogen-bond donors (Lipinski definition) is 1. The summed E-state index contributed by atoms with van der Waals surface area (Å²) < 4.78 is 7.49. The van der Waals surface area contributed by atoms with Crippen molar-refractivity contribution in [1.29, 1.82) is 0 Å². The highest BCUT2D eigenvalue weighted by atomic mass is 16.5. The van der Waals surface area contributed by atoms with Crippen LogP contribution in [0.2, 0.25) is 0 Å². The van der Waals surface area contributed by atoms with Crippen molar-refractivity contribution in [3.8, 4) is 5.75 Å². The summed E-state index contributed by atoms with van der Waals surface area (Å²) >= 11 is 0. The average Bonchev–Trinajstić information content (AvgIpc) is 3.09. The van der Waals surface area contributed by atoms with Crippen molar-refractivity contribution in [3.63, 3.8) is 0 Å². The number of nitrogens with one attached hydrogen (secondary N) is 1. The highest BCUT2D eigenvalue weighted by Gasteiger charge is 2.27. The number of aromatic nitrogens is 1.